The Balaban J connectivity index is 3.01. The van der Waals surface area contributed by atoms with Gasteiger partial charge < -0.3 is 14.7 Å². The Morgan fingerprint density at radius 1 is 1.14 bits per heavy atom. The number of rotatable bonds is 8. The molecule has 0 fully saturated rings. The molecule has 0 heterocycles. The van der Waals surface area contributed by atoms with Crippen LogP contribution >= 0.6 is 0 Å². The fourth-order valence-electron chi connectivity index (χ4n) is 2.73. The van der Waals surface area contributed by atoms with E-state index in [-0.39, 0.29) is 5.41 Å². The van der Waals surface area contributed by atoms with Crippen molar-refractivity contribution in [2.75, 3.05) is 26.7 Å². The van der Waals surface area contributed by atoms with E-state index in [0.29, 0.717) is 6.54 Å². The van der Waals surface area contributed by atoms with E-state index in [1.165, 1.54) is 5.56 Å². The van der Waals surface area contributed by atoms with Gasteiger partial charge in [-0.2, -0.15) is 0 Å². The van der Waals surface area contributed by atoms with Crippen molar-refractivity contribution in [2.45, 2.75) is 59.0 Å². The van der Waals surface area contributed by atoms with E-state index in [2.05, 4.69) is 51.7 Å². The SMILES string of the molecule is CCCN(CCC)CC(O)c1cc(C(C)(C)C)ccc1OC. The highest BCUT2D eigenvalue weighted by Crippen LogP contribution is 2.32. The van der Waals surface area contributed by atoms with E-state index in [4.69, 9.17) is 4.74 Å². The average Bonchev–Trinajstić information content (AvgIpc) is 2.46. The van der Waals surface area contributed by atoms with E-state index in [9.17, 15) is 5.11 Å². The first-order chi connectivity index (χ1) is 10.3. The molecule has 0 bridgehead atoms. The van der Waals surface area contributed by atoms with Crippen LogP contribution in [0.3, 0.4) is 0 Å². The lowest BCUT2D eigenvalue weighted by Gasteiger charge is -2.27. The molecule has 3 nitrogen and oxygen atoms in total. The molecule has 0 aromatic heterocycles. The van der Waals surface area contributed by atoms with Gasteiger partial charge in [0.15, 0.2) is 0 Å². The second-order valence-electron chi connectivity index (χ2n) is 7.02. The zero-order valence-corrected chi connectivity index (χ0v) is 15.1. The smallest absolute Gasteiger partial charge is 0.124 e. The molecule has 1 aromatic carbocycles. The highest BCUT2D eigenvalue weighted by atomic mass is 16.5. The minimum Gasteiger partial charge on any atom is -0.496 e. The Morgan fingerprint density at radius 2 is 1.73 bits per heavy atom. The second kappa shape index (κ2) is 8.54. The van der Waals surface area contributed by atoms with Gasteiger partial charge in [0, 0.05) is 12.1 Å². The monoisotopic (exact) mass is 307 g/mol. The molecular formula is C19H33NO2. The molecule has 1 aromatic rings. The van der Waals surface area contributed by atoms with Crippen LogP contribution in [0.2, 0.25) is 0 Å². The molecule has 0 saturated carbocycles. The normalized spacial score (nSPS) is 13.5. The van der Waals surface area contributed by atoms with Crippen LogP contribution in [-0.2, 0) is 5.41 Å². The van der Waals surface area contributed by atoms with E-state index in [1.54, 1.807) is 7.11 Å². The lowest BCUT2D eigenvalue weighted by atomic mass is 9.85. The predicted molar refractivity (Wildman–Crippen MR) is 93.7 cm³/mol. The summed E-state index contributed by atoms with van der Waals surface area (Å²) >= 11 is 0. The molecule has 1 unspecified atom stereocenters. The maximum Gasteiger partial charge on any atom is 0.124 e. The topological polar surface area (TPSA) is 32.7 Å². The molecule has 0 spiro atoms. The summed E-state index contributed by atoms with van der Waals surface area (Å²) < 4.78 is 5.46. The van der Waals surface area contributed by atoms with Crippen LogP contribution in [0.25, 0.3) is 0 Å². The van der Waals surface area contributed by atoms with Crippen molar-refractivity contribution in [3.63, 3.8) is 0 Å². The first-order valence-corrected chi connectivity index (χ1v) is 8.42. The molecule has 22 heavy (non-hydrogen) atoms. The lowest BCUT2D eigenvalue weighted by molar-refractivity contribution is 0.110. The molecule has 0 aliphatic rings. The summed E-state index contributed by atoms with van der Waals surface area (Å²) in [5.74, 6) is 0.772. The van der Waals surface area contributed by atoms with E-state index >= 15 is 0 Å². The highest BCUT2D eigenvalue weighted by Gasteiger charge is 2.21. The van der Waals surface area contributed by atoms with Crippen molar-refractivity contribution in [1.82, 2.24) is 4.90 Å². The van der Waals surface area contributed by atoms with Gasteiger partial charge in [-0.25, -0.2) is 0 Å². The molecule has 0 saturated heterocycles. The number of nitrogens with zero attached hydrogens (tertiary/aromatic N) is 1. The number of aliphatic hydroxyl groups is 1. The lowest BCUT2D eigenvalue weighted by Crippen LogP contribution is -2.30. The molecule has 1 N–H and O–H groups in total. The van der Waals surface area contributed by atoms with Gasteiger partial charge >= 0.3 is 0 Å². The van der Waals surface area contributed by atoms with E-state index in [0.717, 1.165) is 37.2 Å². The van der Waals surface area contributed by atoms with Crippen LogP contribution in [0.15, 0.2) is 18.2 Å². The molecule has 3 heteroatoms. The van der Waals surface area contributed by atoms with Crippen molar-refractivity contribution >= 4 is 0 Å². The quantitative estimate of drug-likeness (QED) is 0.783. The zero-order chi connectivity index (χ0) is 16.8. The Kier molecular flexibility index (Phi) is 7.37. The summed E-state index contributed by atoms with van der Waals surface area (Å²) in [7, 11) is 1.66. The van der Waals surface area contributed by atoms with Crippen molar-refractivity contribution in [3.8, 4) is 5.75 Å². The van der Waals surface area contributed by atoms with E-state index in [1.807, 2.05) is 6.07 Å². The summed E-state index contributed by atoms with van der Waals surface area (Å²) in [6, 6.07) is 6.16. The number of hydrogen-bond acceptors (Lipinski definition) is 3. The van der Waals surface area contributed by atoms with Crippen LogP contribution in [-0.4, -0.2) is 36.8 Å². The van der Waals surface area contributed by atoms with Gasteiger partial charge in [0.2, 0.25) is 0 Å². The summed E-state index contributed by atoms with van der Waals surface area (Å²) in [4.78, 5) is 2.33. The van der Waals surface area contributed by atoms with Gasteiger partial charge in [-0.3, -0.25) is 0 Å². The summed E-state index contributed by atoms with van der Waals surface area (Å²) in [6.07, 6.45) is 1.69. The third kappa shape index (κ3) is 5.29. The third-order valence-corrected chi connectivity index (χ3v) is 3.97. The summed E-state index contributed by atoms with van der Waals surface area (Å²) in [6.45, 7) is 13.6. The molecule has 0 radical (unpaired) electrons. The second-order valence-corrected chi connectivity index (χ2v) is 7.02. The number of methoxy groups -OCH3 is 1. The van der Waals surface area contributed by atoms with Gasteiger partial charge in [0.1, 0.15) is 5.75 Å². The van der Waals surface area contributed by atoms with Crippen LogP contribution in [0.4, 0.5) is 0 Å². The summed E-state index contributed by atoms with van der Waals surface area (Å²) in [5, 5.41) is 10.7. The Bertz CT molecular complexity index is 445. The van der Waals surface area contributed by atoms with Crippen LogP contribution in [0.1, 0.15) is 64.7 Å². The van der Waals surface area contributed by atoms with Gasteiger partial charge in [-0.15, -0.1) is 0 Å². The Labute approximate surface area is 136 Å². The maximum absolute atomic E-state index is 10.7. The third-order valence-electron chi connectivity index (χ3n) is 3.97. The zero-order valence-electron chi connectivity index (χ0n) is 15.1. The predicted octanol–water partition coefficient (Wildman–Crippen LogP) is 4.15. The number of aliphatic hydroxyl groups excluding tert-OH is 1. The molecule has 126 valence electrons. The van der Waals surface area contributed by atoms with Gasteiger partial charge in [-0.1, -0.05) is 40.7 Å². The standard InChI is InChI=1S/C19H33NO2/c1-7-11-20(12-8-2)14-17(21)16-13-15(19(3,4)5)9-10-18(16)22-6/h9-10,13,17,21H,7-8,11-12,14H2,1-6H3. The largest absolute Gasteiger partial charge is 0.496 e. The van der Waals surface area contributed by atoms with Gasteiger partial charge in [-0.05, 0) is 49.0 Å². The van der Waals surface area contributed by atoms with Crippen LogP contribution < -0.4 is 4.74 Å². The maximum atomic E-state index is 10.7. The van der Waals surface area contributed by atoms with Crippen LogP contribution in [0, 0.1) is 0 Å². The highest BCUT2D eigenvalue weighted by molar-refractivity contribution is 5.41. The Hall–Kier alpha value is -1.06. The van der Waals surface area contributed by atoms with E-state index < -0.39 is 6.10 Å². The molecule has 0 aliphatic carbocycles. The molecular weight excluding hydrogens is 274 g/mol. The molecule has 0 amide bonds. The Morgan fingerprint density at radius 3 is 2.18 bits per heavy atom. The van der Waals surface area contributed by atoms with Crippen molar-refractivity contribution in [3.05, 3.63) is 29.3 Å². The minimum atomic E-state index is -0.518. The summed E-state index contributed by atoms with van der Waals surface area (Å²) in [5.41, 5.74) is 2.18. The number of hydrogen-bond donors (Lipinski definition) is 1. The first-order valence-electron chi connectivity index (χ1n) is 8.42. The van der Waals surface area contributed by atoms with Gasteiger partial charge in [0.05, 0.1) is 13.2 Å². The number of benzene rings is 1. The fourth-order valence-corrected chi connectivity index (χ4v) is 2.73. The van der Waals surface area contributed by atoms with Crippen LogP contribution in [0.5, 0.6) is 5.75 Å². The van der Waals surface area contributed by atoms with Gasteiger partial charge in [0.25, 0.3) is 0 Å². The molecule has 0 aliphatic heterocycles. The first kappa shape index (κ1) is 19.0. The average molecular weight is 307 g/mol. The van der Waals surface area contributed by atoms with Crippen molar-refractivity contribution in [2.24, 2.45) is 0 Å². The number of ether oxygens (including phenoxy) is 1. The minimum absolute atomic E-state index is 0.0628. The molecule has 1 atom stereocenters. The van der Waals surface area contributed by atoms with Crippen molar-refractivity contribution in [1.29, 1.82) is 0 Å². The fraction of sp³-hybridized carbons (Fsp3) is 0.684. The van der Waals surface area contributed by atoms with Crippen molar-refractivity contribution < 1.29 is 9.84 Å². The molecule has 1 rings (SSSR count).